The summed E-state index contributed by atoms with van der Waals surface area (Å²) in [5, 5.41) is 0. The van der Waals surface area contributed by atoms with Gasteiger partial charge < -0.3 is 4.98 Å². The summed E-state index contributed by atoms with van der Waals surface area (Å²) >= 11 is 0. The van der Waals surface area contributed by atoms with E-state index in [0.29, 0.717) is 11.0 Å². The smallest absolute Gasteiger partial charge is 0.306 e. The number of aromatic nitrogens is 2. The lowest BCUT2D eigenvalue weighted by Gasteiger charge is -2.47. The highest BCUT2D eigenvalue weighted by Gasteiger charge is 2.40. The van der Waals surface area contributed by atoms with Crippen molar-refractivity contribution in [1.29, 1.82) is 0 Å². The summed E-state index contributed by atoms with van der Waals surface area (Å²) < 4.78 is 15.6. The molecule has 1 N–H and O–H groups in total. The van der Waals surface area contributed by atoms with Gasteiger partial charge in [-0.15, -0.1) is 0 Å². The Bertz CT molecular complexity index is 1050. The molecule has 5 heteroatoms. The molecule has 5 rings (SSSR count). The van der Waals surface area contributed by atoms with Gasteiger partial charge in [0.2, 0.25) is 0 Å². The molecule has 0 amide bonds. The zero-order valence-corrected chi connectivity index (χ0v) is 17.4. The van der Waals surface area contributed by atoms with Crippen LogP contribution in [0.1, 0.15) is 63.0 Å². The molecule has 2 aliphatic rings. The van der Waals surface area contributed by atoms with Gasteiger partial charge >= 0.3 is 5.69 Å². The summed E-state index contributed by atoms with van der Waals surface area (Å²) in [6.07, 6.45) is 9.43. The van der Waals surface area contributed by atoms with Crippen LogP contribution < -0.4 is 5.69 Å². The Kier molecular flexibility index (Phi) is 5.23. The van der Waals surface area contributed by atoms with Gasteiger partial charge in [0.05, 0.1) is 11.0 Å². The van der Waals surface area contributed by atoms with Gasteiger partial charge in [-0.05, 0) is 49.4 Å². The molecule has 158 valence electrons. The third kappa shape index (κ3) is 3.39. The predicted molar refractivity (Wildman–Crippen MR) is 118 cm³/mol. The fourth-order valence-electron chi connectivity index (χ4n) is 5.86. The first-order valence-corrected chi connectivity index (χ1v) is 11.4. The molecule has 0 atom stereocenters. The fourth-order valence-corrected chi connectivity index (χ4v) is 5.86. The first kappa shape index (κ1) is 19.6. The number of fused-ring (bicyclic) bond motifs is 1. The first-order chi connectivity index (χ1) is 14.7. The van der Waals surface area contributed by atoms with Gasteiger partial charge in [0.1, 0.15) is 5.82 Å². The normalized spacial score (nSPS) is 21.0. The van der Waals surface area contributed by atoms with Gasteiger partial charge in [0.25, 0.3) is 0 Å². The average Bonchev–Trinajstić information content (AvgIpc) is 2.93. The Labute approximate surface area is 176 Å². The van der Waals surface area contributed by atoms with Crippen molar-refractivity contribution in [1.82, 2.24) is 14.5 Å². The molecule has 3 aromatic rings. The quantitative estimate of drug-likeness (QED) is 0.594. The Balaban J connectivity index is 1.43. The van der Waals surface area contributed by atoms with Crippen molar-refractivity contribution < 1.29 is 4.39 Å². The lowest BCUT2D eigenvalue weighted by molar-refractivity contribution is 0.0356. The molecular formula is C25H30FN3O. The fraction of sp³-hybridized carbons (Fsp3) is 0.480. The third-order valence-corrected chi connectivity index (χ3v) is 7.36. The molecule has 1 aliphatic heterocycles. The average molecular weight is 408 g/mol. The minimum absolute atomic E-state index is 0.111. The van der Waals surface area contributed by atoms with Crippen molar-refractivity contribution in [2.45, 2.75) is 62.9 Å². The number of nitrogens with zero attached hydrogens (tertiary/aromatic N) is 2. The zero-order valence-electron chi connectivity index (χ0n) is 17.4. The maximum atomic E-state index is 13.8. The number of H-pyrrole nitrogens is 1. The molecule has 1 aromatic heterocycles. The van der Waals surface area contributed by atoms with E-state index in [1.807, 2.05) is 0 Å². The van der Waals surface area contributed by atoms with Gasteiger partial charge in [0.15, 0.2) is 0 Å². The molecule has 0 bridgehead atoms. The Hall–Kier alpha value is -2.40. The maximum absolute atomic E-state index is 13.8. The summed E-state index contributed by atoms with van der Waals surface area (Å²) in [5.41, 5.74) is 2.83. The monoisotopic (exact) mass is 407 g/mol. The van der Waals surface area contributed by atoms with Crippen molar-refractivity contribution in [3.63, 3.8) is 0 Å². The minimum atomic E-state index is -0.297. The first-order valence-electron chi connectivity index (χ1n) is 11.4. The SMILES string of the molecule is O=c1[nH]c2ccc(F)cc2n1C1CCN(C2(c3ccccc3)CCCCCC2)CC1. The Morgan fingerprint density at radius 3 is 2.33 bits per heavy atom. The summed E-state index contributed by atoms with van der Waals surface area (Å²) in [5.74, 6) is -0.297. The van der Waals surface area contributed by atoms with Crippen LogP contribution in [0.5, 0.6) is 0 Å². The van der Waals surface area contributed by atoms with Crippen LogP contribution in [0, 0.1) is 5.82 Å². The maximum Gasteiger partial charge on any atom is 0.326 e. The van der Waals surface area contributed by atoms with Crippen molar-refractivity contribution in [3.8, 4) is 0 Å². The van der Waals surface area contributed by atoms with E-state index in [-0.39, 0.29) is 23.1 Å². The van der Waals surface area contributed by atoms with Crippen molar-refractivity contribution in [2.24, 2.45) is 0 Å². The second-order valence-corrected chi connectivity index (χ2v) is 8.99. The molecule has 0 unspecified atom stereocenters. The second-order valence-electron chi connectivity index (χ2n) is 8.99. The predicted octanol–water partition coefficient (Wildman–Crippen LogP) is 5.36. The molecule has 1 saturated heterocycles. The number of hydrogen-bond acceptors (Lipinski definition) is 2. The number of benzene rings is 2. The number of hydrogen-bond donors (Lipinski definition) is 1. The van der Waals surface area contributed by atoms with Crippen molar-refractivity contribution in [3.05, 3.63) is 70.4 Å². The molecular weight excluding hydrogens is 377 g/mol. The molecule has 2 heterocycles. The highest BCUT2D eigenvalue weighted by molar-refractivity contribution is 5.75. The van der Waals surface area contributed by atoms with E-state index in [4.69, 9.17) is 0 Å². The number of aromatic amines is 1. The zero-order chi connectivity index (χ0) is 20.6. The van der Waals surface area contributed by atoms with Gasteiger partial charge in [-0.2, -0.15) is 0 Å². The van der Waals surface area contributed by atoms with E-state index in [9.17, 15) is 9.18 Å². The van der Waals surface area contributed by atoms with Crippen LogP contribution in [0.25, 0.3) is 11.0 Å². The van der Waals surface area contributed by atoms with E-state index in [1.54, 1.807) is 10.6 Å². The third-order valence-electron chi connectivity index (χ3n) is 7.36. The van der Waals surface area contributed by atoms with Crippen LogP contribution >= 0.6 is 0 Å². The molecule has 0 radical (unpaired) electrons. The molecule has 1 aliphatic carbocycles. The number of piperidine rings is 1. The van der Waals surface area contributed by atoms with Crippen LogP contribution in [-0.4, -0.2) is 27.5 Å². The molecule has 0 spiro atoms. The molecule has 2 aromatic carbocycles. The van der Waals surface area contributed by atoms with Gasteiger partial charge in [0, 0.05) is 24.7 Å². The lowest BCUT2D eigenvalue weighted by atomic mass is 9.79. The van der Waals surface area contributed by atoms with Crippen LogP contribution in [0.4, 0.5) is 4.39 Å². The van der Waals surface area contributed by atoms with Crippen molar-refractivity contribution in [2.75, 3.05) is 13.1 Å². The van der Waals surface area contributed by atoms with E-state index in [2.05, 4.69) is 40.2 Å². The lowest BCUT2D eigenvalue weighted by Crippen LogP contribution is -2.50. The molecule has 4 nitrogen and oxygen atoms in total. The summed E-state index contributed by atoms with van der Waals surface area (Å²) in [4.78, 5) is 18.2. The van der Waals surface area contributed by atoms with E-state index in [1.165, 1.54) is 56.2 Å². The Morgan fingerprint density at radius 2 is 1.63 bits per heavy atom. The standard InChI is InChI=1S/C25H30FN3O/c26-20-10-11-22-23(18-20)29(24(30)27-22)21-12-16-28(17-13-21)25(14-6-1-2-7-15-25)19-8-4-3-5-9-19/h3-5,8-11,18,21H,1-2,6-7,12-17H2,(H,27,30). The number of imidazole rings is 1. The number of nitrogens with one attached hydrogen (secondary N) is 1. The summed E-state index contributed by atoms with van der Waals surface area (Å²) in [7, 11) is 0. The molecule has 2 fully saturated rings. The summed E-state index contributed by atoms with van der Waals surface area (Å²) in [6.45, 7) is 1.93. The van der Waals surface area contributed by atoms with E-state index >= 15 is 0 Å². The van der Waals surface area contributed by atoms with Crippen molar-refractivity contribution >= 4 is 11.0 Å². The Morgan fingerprint density at radius 1 is 0.933 bits per heavy atom. The number of likely N-dealkylation sites (tertiary alicyclic amines) is 1. The van der Waals surface area contributed by atoms with Crippen LogP contribution in [-0.2, 0) is 5.54 Å². The largest absolute Gasteiger partial charge is 0.326 e. The second kappa shape index (κ2) is 8.03. The van der Waals surface area contributed by atoms with Gasteiger partial charge in [-0.1, -0.05) is 56.0 Å². The topological polar surface area (TPSA) is 41.0 Å². The molecule has 1 saturated carbocycles. The highest BCUT2D eigenvalue weighted by Crippen LogP contribution is 2.43. The van der Waals surface area contributed by atoms with E-state index in [0.717, 1.165) is 25.9 Å². The van der Waals surface area contributed by atoms with E-state index < -0.39 is 0 Å². The number of rotatable bonds is 3. The minimum Gasteiger partial charge on any atom is -0.306 e. The molecule has 30 heavy (non-hydrogen) atoms. The van der Waals surface area contributed by atoms with Crippen LogP contribution in [0.2, 0.25) is 0 Å². The highest BCUT2D eigenvalue weighted by atomic mass is 19.1. The number of halogens is 1. The van der Waals surface area contributed by atoms with Crippen LogP contribution in [0.15, 0.2) is 53.3 Å². The van der Waals surface area contributed by atoms with Crippen LogP contribution in [0.3, 0.4) is 0 Å². The van der Waals surface area contributed by atoms with Gasteiger partial charge in [-0.3, -0.25) is 9.47 Å². The van der Waals surface area contributed by atoms with Gasteiger partial charge in [-0.25, -0.2) is 9.18 Å². The summed E-state index contributed by atoms with van der Waals surface area (Å²) in [6, 6.07) is 15.7.